The molecule has 2 rings (SSSR count). The maximum absolute atomic E-state index is 13.3. The van der Waals surface area contributed by atoms with Crippen molar-refractivity contribution in [1.82, 2.24) is 0 Å². The predicted octanol–water partition coefficient (Wildman–Crippen LogP) is 2.90. The Kier molecular flexibility index (Phi) is 3.50. The number of hydrogen-bond acceptors (Lipinski definition) is 2. The van der Waals surface area contributed by atoms with Crippen LogP contribution >= 0.6 is 11.6 Å². The van der Waals surface area contributed by atoms with Crippen molar-refractivity contribution in [2.75, 3.05) is 0 Å². The highest BCUT2D eigenvalue weighted by Crippen LogP contribution is 2.30. The van der Waals surface area contributed by atoms with Gasteiger partial charge in [0.2, 0.25) is 0 Å². The molecule has 0 unspecified atom stereocenters. The number of hydrogen-bond donors (Lipinski definition) is 1. The van der Waals surface area contributed by atoms with Crippen molar-refractivity contribution in [3.63, 3.8) is 0 Å². The summed E-state index contributed by atoms with van der Waals surface area (Å²) in [5.41, 5.74) is -0.169. The summed E-state index contributed by atoms with van der Waals surface area (Å²) in [5.74, 6) is -0.281. The summed E-state index contributed by atoms with van der Waals surface area (Å²) in [6.45, 7) is 0. The molecule has 1 aromatic rings. The first kappa shape index (κ1) is 12.5. The average molecular weight is 257 g/mol. The lowest BCUT2D eigenvalue weighted by Crippen LogP contribution is -2.36. The summed E-state index contributed by atoms with van der Waals surface area (Å²) >= 11 is 5.60. The molecule has 1 fully saturated rings. The third kappa shape index (κ3) is 3.05. The van der Waals surface area contributed by atoms with Gasteiger partial charge in [0, 0.05) is 19.3 Å². The van der Waals surface area contributed by atoms with Crippen LogP contribution in [-0.4, -0.2) is 16.5 Å². The molecule has 0 amide bonds. The lowest BCUT2D eigenvalue weighted by molar-refractivity contribution is -0.125. The molecule has 1 N–H and O–H groups in total. The molecule has 0 atom stereocenters. The van der Waals surface area contributed by atoms with E-state index in [0.29, 0.717) is 37.7 Å². The van der Waals surface area contributed by atoms with Gasteiger partial charge in [0.1, 0.15) is 11.6 Å². The first-order chi connectivity index (χ1) is 7.98. The van der Waals surface area contributed by atoms with Gasteiger partial charge in [0.05, 0.1) is 10.6 Å². The fourth-order valence-electron chi connectivity index (χ4n) is 2.20. The zero-order valence-electron chi connectivity index (χ0n) is 9.38. The smallest absolute Gasteiger partial charge is 0.142 e. The highest BCUT2D eigenvalue weighted by molar-refractivity contribution is 6.30. The van der Waals surface area contributed by atoms with Gasteiger partial charge in [0.25, 0.3) is 0 Å². The Morgan fingerprint density at radius 3 is 2.59 bits per heavy atom. The monoisotopic (exact) mass is 256 g/mol. The second-order valence-corrected chi connectivity index (χ2v) is 5.10. The topological polar surface area (TPSA) is 37.3 Å². The summed E-state index contributed by atoms with van der Waals surface area (Å²) in [4.78, 5) is 11.1. The Bertz CT molecular complexity index is 435. The molecule has 0 heterocycles. The van der Waals surface area contributed by atoms with Crippen LogP contribution in [0.3, 0.4) is 0 Å². The van der Waals surface area contributed by atoms with Crippen molar-refractivity contribution in [2.45, 2.75) is 37.7 Å². The summed E-state index contributed by atoms with van der Waals surface area (Å²) in [6.07, 6.45) is 2.10. The molecule has 1 aliphatic rings. The Balaban J connectivity index is 2.09. The van der Waals surface area contributed by atoms with Gasteiger partial charge < -0.3 is 5.11 Å². The van der Waals surface area contributed by atoms with Crippen molar-refractivity contribution < 1.29 is 14.3 Å². The van der Waals surface area contributed by atoms with Gasteiger partial charge in [-0.15, -0.1) is 0 Å². The Labute approximate surface area is 104 Å². The number of aliphatic hydroxyl groups is 1. The van der Waals surface area contributed by atoms with Crippen molar-refractivity contribution in [2.24, 2.45) is 0 Å². The Morgan fingerprint density at radius 1 is 1.35 bits per heavy atom. The largest absolute Gasteiger partial charge is 0.390 e. The first-order valence-corrected chi connectivity index (χ1v) is 6.04. The van der Waals surface area contributed by atoms with Crippen molar-refractivity contribution >= 4 is 17.4 Å². The maximum Gasteiger partial charge on any atom is 0.142 e. The Hall–Kier alpha value is -0.930. The first-order valence-electron chi connectivity index (χ1n) is 5.67. The third-order valence-corrected chi connectivity index (χ3v) is 3.56. The van der Waals surface area contributed by atoms with E-state index in [1.165, 1.54) is 12.1 Å². The highest BCUT2D eigenvalue weighted by atomic mass is 35.5. The molecule has 1 aromatic carbocycles. The molecule has 1 aliphatic carbocycles. The van der Waals surface area contributed by atoms with E-state index < -0.39 is 11.4 Å². The van der Waals surface area contributed by atoms with Crippen LogP contribution in [0.15, 0.2) is 18.2 Å². The molecular formula is C13H14ClFO2. The van der Waals surface area contributed by atoms with Crippen LogP contribution in [0.1, 0.15) is 31.2 Å². The van der Waals surface area contributed by atoms with Crippen LogP contribution in [0.2, 0.25) is 5.02 Å². The van der Waals surface area contributed by atoms with E-state index in [2.05, 4.69) is 0 Å². The summed E-state index contributed by atoms with van der Waals surface area (Å²) in [6, 6.07) is 4.54. The van der Waals surface area contributed by atoms with Gasteiger partial charge in [-0.3, -0.25) is 4.79 Å². The number of carbonyl (C=O) groups is 1. The van der Waals surface area contributed by atoms with Crippen molar-refractivity contribution in [3.05, 3.63) is 34.6 Å². The standard InChI is InChI=1S/C13H14ClFO2/c14-11-2-1-9(7-12(11)15)8-13(17)5-3-10(16)4-6-13/h1-2,7,17H,3-6,8H2. The lowest BCUT2D eigenvalue weighted by atomic mass is 9.80. The molecule has 0 aromatic heterocycles. The molecule has 0 aliphatic heterocycles. The molecule has 0 radical (unpaired) electrons. The zero-order chi connectivity index (χ0) is 12.5. The molecule has 2 nitrogen and oxygen atoms in total. The van der Waals surface area contributed by atoms with E-state index in [1.54, 1.807) is 6.07 Å². The van der Waals surface area contributed by atoms with E-state index >= 15 is 0 Å². The average Bonchev–Trinajstić information content (AvgIpc) is 2.28. The van der Waals surface area contributed by atoms with Crippen molar-refractivity contribution in [3.8, 4) is 0 Å². The Morgan fingerprint density at radius 2 is 2.00 bits per heavy atom. The normalized spacial score (nSPS) is 19.4. The molecular weight excluding hydrogens is 243 g/mol. The number of ketones is 1. The van der Waals surface area contributed by atoms with E-state index in [-0.39, 0.29) is 10.8 Å². The fourth-order valence-corrected chi connectivity index (χ4v) is 2.32. The SMILES string of the molecule is O=C1CCC(O)(Cc2ccc(Cl)c(F)c2)CC1. The van der Waals surface area contributed by atoms with Crippen LogP contribution < -0.4 is 0 Å². The van der Waals surface area contributed by atoms with Crippen LogP contribution in [0.4, 0.5) is 4.39 Å². The molecule has 4 heteroatoms. The summed E-state index contributed by atoms with van der Waals surface area (Å²) in [7, 11) is 0. The number of rotatable bonds is 2. The minimum Gasteiger partial charge on any atom is -0.390 e. The maximum atomic E-state index is 13.3. The molecule has 0 saturated heterocycles. The van der Waals surface area contributed by atoms with Crippen molar-refractivity contribution in [1.29, 1.82) is 0 Å². The van der Waals surface area contributed by atoms with Gasteiger partial charge in [-0.05, 0) is 30.5 Å². The molecule has 0 spiro atoms. The minimum atomic E-state index is -0.881. The molecule has 17 heavy (non-hydrogen) atoms. The number of halogens is 2. The second kappa shape index (κ2) is 4.75. The van der Waals surface area contributed by atoms with E-state index in [0.717, 1.165) is 0 Å². The van der Waals surface area contributed by atoms with Gasteiger partial charge >= 0.3 is 0 Å². The quantitative estimate of drug-likeness (QED) is 0.883. The number of carbonyl (C=O) groups excluding carboxylic acids is 1. The van der Waals surface area contributed by atoms with Crippen LogP contribution in [0.25, 0.3) is 0 Å². The molecule has 1 saturated carbocycles. The van der Waals surface area contributed by atoms with Gasteiger partial charge in [-0.25, -0.2) is 4.39 Å². The predicted molar refractivity (Wildman–Crippen MR) is 63.5 cm³/mol. The third-order valence-electron chi connectivity index (χ3n) is 3.26. The second-order valence-electron chi connectivity index (χ2n) is 4.69. The minimum absolute atomic E-state index is 0.0829. The molecule has 92 valence electrons. The van der Waals surface area contributed by atoms with Gasteiger partial charge in [-0.1, -0.05) is 17.7 Å². The van der Waals surface area contributed by atoms with Crippen LogP contribution in [0.5, 0.6) is 0 Å². The summed E-state index contributed by atoms with van der Waals surface area (Å²) in [5, 5.41) is 10.4. The van der Waals surface area contributed by atoms with E-state index in [1.807, 2.05) is 0 Å². The highest BCUT2D eigenvalue weighted by Gasteiger charge is 2.32. The lowest BCUT2D eigenvalue weighted by Gasteiger charge is -2.31. The fraction of sp³-hybridized carbons (Fsp3) is 0.462. The van der Waals surface area contributed by atoms with Crippen LogP contribution in [-0.2, 0) is 11.2 Å². The number of benzene rings is 1. The van der Waals surface area contributed by atoms with Crippen LogP contribution in [0, 0.1) is 5.82 Å². The number of Topliss-reactive ketones (excluding diaryl/α,β-unsaturated/α-hetero) is 1. The van der Waals surface area contributed by atoms with E-state index in [4.69, 9.17) is 11.6 Å². The zero-order valence-corrected chi connectivity index (χ0v) is 10.1. The van der Waals surface area contributed by atoms with E-state index in [9.17, 15) is 14.3 Å². The summed E-state index contributed by atoms with van der Waals surface area (Å²) < 4.78 is 13.3. The van der Waals surface area contributed by atoms with Gasteiger partial charge in [0.15, 0.2) is 0 Å². The molecule has 0 bridgehead atoms. The van der Waals surface area contributed by atoms with Gasteiger partial charge in [-0.2, -0.15) is 0 Å².